The Labute approximate surface area is 181 Å². The van der Waals surface area contributed by atoms with E-state index in [2.05, 4.69) is 9.97 Å². The summed E-state index contributed by atoms with van der Waals surface area (Å²) in [7, 11) is 1.46. The third-order valence-electron chi connectivity index (χ3n) is 4.89. The van der Waals surface area contributed by atoms with Crippen LogP contribution in [0.5, 0.6) is 11.5 Å². The maximum atomic E-state index is 12.8. The van der Waals surface area contributed by atoms with Gasteiger partial charge in [0.15, 0.2) is 0 Å². The molecular formula is C23H20N2O5S. The van der Waals surface area contributed by atoms with Crippen molar-refractivity contribution in [2.45, 2.75) is 20.5 Å². The van der Waals surface area contributed by atoms with Crippen molar-refractivity contribution in [3.8, 4) is 22.6 Å². The average molecular weight is 436 g/mol. The van der Waals surface area contributed by atoms with E-state index in [1.165, 1.54) is 36.6 Å². The average Bonchev–Trinajstić information content (AvgIpc) is 3.09. The highest BCUT2D eigenvalue weighted by molar-refractivity contribution is 7.19. The van der Waals surface area contributed by atoms with E-state index in [1.807, 2.05) is 38.1 Å². The molecule has 31 heavy (non-hydrogen) atoms. The molecule has 0 atom stereocenters. The first-order chi connectivity index (χ1) is 14.9. The van der Waals surface area contributed by atoms with Gasteiger partial charge < -0.3 is 19.6 Å². The molecule has 0 spiro atoms. The Morgan fingerprint density at radius 3 is 2.61 bits per heavy atom. The number of methoxy groups -OCH3 is 1. The second-order valence-electron chi connectivity index (χ2n) is 7.05. The summed E-state index contributed by atoms with van der Waals surface area (Å²) in [6.07, 6.45) is 0. The molecule has 2 aromatic carbocycles. The van der Waals surface area contributed by atoms with Crippen molar-refractivity contribution in [3.05, 3.63) is 74.6 Å². The van der Waals surface area contributed by atoms with Crippen molar-refractivity contribution in [1.29, 1.82) is 0 Å². The van der Waals surface area contributed by atoms with Crippen molar-refractivity contribution in [3.63, 3.8) is 0 Å². The van der Waals surface area contributed by atoms with Crippen LogP contribution in [0, 0.1) is 13.8 Å². The van der Waals surface area contributed by atoms with Crippen molar-refractivity contribution in [2.24, 2.45) is 0 Å². The zero-order valence-corrected chi connectivity index (χ0v) is 18.0. The number of ether oxygens (including phenoxy) is 2. The number of carbonyl (C=O) groups excluding carboxylic acids is 1. The van der Waals surface area contributed by atoms with Gasteiger partial charge in [0.2, 0.25) is 0 Å². The number of hydrogen-bond donors (Lipinski definition) is 2. The highest BCUT2D eigenvalue weighted by atomic mass is 32.1. The number of carbonyl (C=O) groups is 1. The number of aryl methyl sites for hydroxylation is 2. The molecule has 0 amide bonds. The number of aromatic nitrogens is 2. The summed E-state index contributed by atoms with van der Waals surface area (Å²) in [5.74, 6) is -0.332. The quantitative estimate of drug-likeness (QED) is 0.451. The SMILES string of the molecule is COc1ccc(O)c(C(=O)OCc2nc3sc(C)c(-c4ccc(C)cc4)c3c(=O)[nH]2)c1. The van der Waals surface area contributed by atoms with Crippen LogP contribution in [0.15, 0.2) is 47.3 Å². The molecule has 0 aliphatic rings. The van der Waals surface area contributed by atoms with Crippen LogP contribution < -0.4 is 10.3 Å². The van der Waals surface area contributed by atoms with Gasteiger partial charge in [-0.25, -0.2) is 9.78 Å². The first-order valence-electron chi connectivity index (χ1n) is 9.51. The zero-order chi connectivity index (χ0) is 22.1. The van der Waals surface area contributed by atoms with Crippen LogP contribution in [-0.4, -0.2) is 28.2 Å². The Morgan fingerprint density at radius 2 is 1.90 bits per heavy atom. The number of phenols is 1. The predicted octanol–water partition coefficient (Wildman–Crippen LogP) is 4.34. The van der Waals surface area contributed by atoms with Gasteiger partial charge >= 0.3 is 5.97 Å². The number of benzene rings is 2. The summed E-state index contributed by atoms with van der Waals surface area (Å²) in [5, 5.41) is 10.4. The van der Waals surface area contributed by atoms with Crippen molar-refractivity contribution in [1.82, 2.24) is 9.97 Å². The Hall–Kier alpha value is -3.65. The van der Waals surface area contributed by atoms with E-state index < -0.39 is 5.97 Å². The number of hydrogen-bond acceptors (Lipinski definition) is 7. The summed E-state index contributed by atoms with van der Waals surface area (Å²) in [6, 6.07) is 12.2. The summed E-state index contributed by atoms with van der Waals surface area (Å²) in [4.78, 5) is 34.0. The normalized spacial score (nSPS) is 10.9. The first kappa shape index (κ1) is 20.6. The van der Waals surface area contributed by atoms with E-state index in [0.717, 1.165) is 21.6 Å². The Morgan fingerprint density at radius 1 is 1.16 bits per heavy atom. The molecule has 0 fully saturated rings. The van der Waals surface area contributed by atoms with Crippen LogP contribution in [0.3, 0.4) is 0 Å². The number of H-pyrrole nitrogens is 1. The third kappa shape index (κ3) is 4.02. The van der Waals surface area contributed by atoms with Crippen LogP contribution in [0.25, 0.3) is 21.3 Å². The van der Waals surface area contributed by atoms with E-state index in [0.29, 0.717) is 16.0 Å². The lowest BCUT2D eigenvalue weighted by Gasteiger charge is -2.08. The highest BCUT2D eigenvalue weighted by Crippen LogP contribution is 2.35. The molecule has 2 aromatic heterocycles. The number of aromatic amines is 1. The van der Waals surface area contributed by atoms with Crippen molar-refractivity contribution >= 4 is 27.5 Å². The van der Waals surface area contributed by atoms with Gasteiger partial charge in [0.05, 0.1) is 12.5 Å². The molecule has 0 unspecified atom stereocenters. The summed E-state index contributed by atoms with van der Waals surface area (Å²) in [5.41, 5.74) is 2.63. The molecule has 158 valence electrons. The fraction of sp³-hybridized carbons (Fsp3) is 0.174. The van der Waals surface area contributed by atoms with Crippen LogP contribution in [0.4, 0.5) is 0 Å². The van der Waals surface area contributed by atoms with Gasteiger partial charge in [0, 0.05) is 10.4 Å². The second-order valence-corrected chi connectivity index (χ2v) is 8.25. The summed E-state index contributed by atoms with van der Waals surface area (Å²) in [6.45, 7) is 3.72. The van der Waals surface area contributed by atoms with Gasteiger partial charge in [0.25, 0.3) is 5.56 Å². The molecule has 0 aliphatic carbocycles. The van der Waals surface area contributed by atoms with E-state index in [9.17, 15) is 14.7 Å². The molecule has 0 radical (unpaired) electrons. The van der Waals surface area contributed by atoms with Gasteiger partial charge in [-0.1, -0.05) is 29.8 Å². The maximum Gasteiger partial charge on any atom is 0.342 e. The molecule has 0 aliphatic heterocycles. The lowest BCUT2D eigenvalue weighted by molar-refractivity contribution is 0.0458. The van der Waals surface area contributed by atoms with Gasteiger partial charge in [-0.3, -0.25) is 4.79 Å². The molecule has 2 N–H and O–H groups in total. The van der Waals surface area contributed by atoms with Gasteiger partial charge in [-0.15, -0.1) is 11.3 Å². The number of phenolic OH excluding ortho intramolecular Hbond substituents is 1. The maximum absolute atomic E-state index is 12.8. The minimum absolute atomic E-state index is 0.0311. The summed E-state index contributed by atoms with van der Waals surface area (Å²) >= 11 is 1.42. The second kappa shape index (κ2) is 8.23. The number of aromatic hydroxyl groups is 1. The molecular weight excluding hydrogens is 416 g/mol. The van der Waals surface area contributed by atoms with Crippen LogP contribution in [-0.2, 0) is 11.3 Å². The largest absolute Gasteiger partial charge is 0.507 e. The van der Waals surface area contributed by atoms with Gasteiger partial charge in [-0.05, 0) is 37.6 Å². The number of fused-ring (bicyclic) bond motifs is 1. The fourth-order valence-electron chi connectivity index (χ4n) is 3.32. The minimum Gasteiger partial charge on any atom is -0.507 e. The number of nitrogens with zero attached hydrogens (tertiary/aromatic N) is 1. The molecule has 0 saturated heterocycles. The van der Waals surface area contributed by atoms with E-state index in [4.69, 9.17) is 9.47 Å². The predicted molar refractivity (Wildman–Crippen MR) is 119 cm³/mol. The number of nitrogens with one attached hydrogen (secondary N) is 1. The van der Waals surface area contributed by atoms with Crippen molar-refractivity contribution in [2.75, 3.05) is 7.11 Å². The minimum atomic E-state index is -0.748. The highest BCUT2D eigenvalue weighted by Gasteiger charge is 2.18. The third-order valence-corrected chi connectivity index (χ3v) is 5.89. The fourth-order valence-corrected chi connectivity index (χ4v) is 4.38. The standard InChI is InChI=1S/C23H20N2O5S/c1-12-4-6-14(7-5-12)19-13(2)31-22-20(19)21(27)24-18(25-22)11-30-23(28)16-10-15(29-3)8-9-17(16)26/h4-10,26H,11H2,1-3H3,(H,24,25,27). The summed E-state index contributed by atoms with van der Waals surface area (Å²) < 4.78 is 10.3. The molecule has 0 saturated carbocycles. The van der Waals surface area contributed by atoms with Gasteiger partial charge in [0.1, 0.15) is 34.3 Å². The Bertz CT molecular complexity index is 1340. The molecule has 4 rings (SSSR count). The molecule has 0 bridgehead atoms. The zero-order valence-electron chi connectivity index (χ0n) is 17.2. The Balaban J connectivity index is 1.62. The Kier molecular flexibility index (Phi) is 5.48. The van der Waals surface area contributed by atoms with E-state index in [-0.39, 0.29) is 29.3 Å². The van der Waals surface area contributed by atoms with E-state index in [1.54, 1.807) is 0 Å². The van der Waals surface area contributed by atoms with Gasteiger partial charge in [-0.2, -0.15) is 0 Å². The first-order valence-corrected chi connectivity index (χ1v) is 10.3. The lowest BCUT2D eigenvalue weighted by Crippen LogP contribution is -2.14. The molecule has 7 nitrogen and oxygen atoms in total. The molecule has 4 aromatic rings. The lowest BCUT2D eigenvalue weighted by atomic mass is 10.0. The smallest absolute Gasteiger partial charge is 0.342 e. The van der Waals surface area contributed by atoms with Crippen LogP contribution in [0.1, 0.15) is 26.6 Å². The number of esters is 1. The van der Waals surface area contributed by atoms with Crippen LogP contribution >= 0.6 is 11.3 Å². The van der Waals surface area contributed by atoms with Crippen LogP contribution in [0.2, 0.25) is 0 Å². The number of thiophene rings is 1. The monoisotopic (exact) mass is 436 g/mol. The topological polar surface area (TPSA) is 102 Å². The van der Waals surface area contributed by atoms with E-state index >= 15 is 0 Å². The molecule has 2 heterocycles. The van der Waals surface area contributed by atoms with Crippen molar-refractivity contribution < 1.29 is 19.4 Å². The number of rotatable bonds is 5. The molecule has 8 heteroatoms.